The number of unbranched alkanes of at least 4 members (excludes halogenated alkanes) is 1. The molecule has 0 saturated carbocycles. The highest BCUT2D eigenvalue weighted by atomic mass is 19.1. The number of aromatic nitrogens is 4. The molecule has 0 bridgehead atoms. The second-order valence-electron chi connectivity index (χ2n) is 8.45. The van der Waals surface area contributed by atoms with Crippen LogP contribution in [0.2, 0.25) is 0 Å². The summed E-state index contributed by atoms with van der Waals surface area (Å²) in [5.41, 5.74) is 1.21. The minimum Gasteiger partial charge on any atom is -0.449 e. The van der Waals surface area contributed by atoms with Crippen LogP contribution in [0.4, 0.5) is 20.8 Å². The molecule has 1 atom stereocenters. The molecule has 3 aromatic heterocycles. The lowest BCUT2D eigenvalue weighted by atomic mass is 10.1. The summed E-state index contributed by atoms with van der Waals surface area (Å²) in [5, 5.41) is 3.46. The molecule has 1 saturated heterocycles. The molecule has 9 nitrogen and oxygen atoms in total. The molecule has 1 unspecified atom stereocenters. The summed E-state index contributed by atoms with van der Waals surface area (Å²) in [5.74, 6) is 1.42. The Morgan fingerprint density at radius 2 is 2.18 bits per heavy atom. The van der Waals surface area contributed by atoms with Gasteiger partial charge in [-0.25, -0.2) is 24.1 Å². The predicted octanol–water partition coefficient (Wildman–Crippen LogP) is 3.81. The van der Waals surface area contributed by atoms with Crippen LogP contribution >= 0.6 is 0 Å². The van der Waals surface area contributed by atoms with Crippen LogP contribution in [-0.2, 0) is 4.74 Å². The number of fused-ring (bicyclic) bond motifs is 1. The normalized spacial score (nSPS) is 16.1. The van der Waals surface area contributed by atoms with E-state index in [2.05, 4.69) is 22.2 Å². The number of halogens is 1. The van der Waals surface area contributed by atoms with Gasteiger partial charge in [0.15, 0.2) is 5.82 Å². The molecule has 3 aromatic rings. The van der Waals surface area contributed by atoms with Gasteiger partial charge in [-0.05, 0) is 31.4 Å². The van der Waals surface area contributed by atoms with E-state index in [0.717, 1.165) is 25.7 Å². The Kier molecular flexibility index (Phi) is 6.90. The fraction of sp³-hybridized carbons (Fsp3) is 0.478. The standard InChI is InChI=1S/C23H30FN7O2/c1-4-5-11-33-23(32)30-10-6-7-17(15-30)26-19-12-21(29(2)3)28-22(27-19)18-13-25-20-9-8-16(24)14-31(18)20/h8-9,12-14,17H,4-7,10-11,15H2,1-3H3,(H,26,27,28). The topological polar surface area (TPSA) is 87.9 Å². The summed E-state index contributed by atoms with van der Waals surface area (Å²) in [7, 11) is 3.80. The van der Waals surface area contributed by atoms with Crippen molar-refractivity contribution in [2.24, 2.45) is 0 Å². The number of amides is 1. The highest BCUT2D eigenvalue weighted by Crippen LogP contribution is 2.24. The number of hydrogen-bond acceptors (Lipinski definition) is 7. The Morgan fingerprint density at radius 1 is 1.33 bits per heavy atom. The molecule has 1 aliphatic rings. The van der Waals surface area contributed by atoms with Crippen molar-refractivity contribution < 1.29 is 13.9 Å². The third-order valence-corrected chi connectivity index (χ3v) is 5.62. The van der Waals surface area contributed by atoms with Gasteiger partial charge in [0.1, 0.15) is 28.8 Å². The number of nitrogens with one attached hydrogen (secondary N) is 1. The maximum atomic E-state index is 13.9. The number of carbonyl (C=O) groups excluding carboxylic acids is 1. The van der Waals surface area contributed by atoms with Gasteiger partial charge in [0.2, 0.25) is 0 Å². The van der Waals surface area contributed by atoms with Crippen molar-refractivity contribution in [1.82, 2.24) is 24.3 Å². The largest absolute Gasteiger partial charge is 0.449 e. The van der Waals surface area contributed by atoms with E-state index >= 15 is 0 Å². The first-order chi connectivity index (χ1) is 15.9. The number of likely N-dealkylation sites (tertiary alicyclic amines) is 1. The number of imidazole rings is 1. The van der Waals surface area contributed by atoms with Crippen molar-refractivity contribution in [2.45, 2.75) is 38.6 Å². The number of hydrogen-bond donors (Lipinski definition) is 1. The van der Waals surface area contributed by atoms with Gasteiger partial charge in [-0.1, -0.05) is 13.3 Å². The van der Waals surface area contributed by atoms with Crippen molar-refractivity contribution in [1.29, 1.82) is 0 Å². The SMILES string of the molecule is CCCCOC(=O)N1CCCC(Nc2cc(N(C)C)nc(-c3cnc4ccc(F)cn34)n2)C1. The zero-order valence-corrected chi connectivity index (χ0v) is 19.3. The highest BCUT2D eigenvalue weighted by molar-refractivity contribution is 5.68. The van der Waals surface area contributed by atoms with Crippen molar-refractivity contribution >= 4 is 23.4 Å². The smallest absolute Gasteiger partial charge is 0.409 e. The van der Waals surface area contributed by atoms with E-state index in [-0.39, 0.29) is 18.0 Å². The summed E-state index contributed by atoms with van der Waals surface area (Å²) in [6.07, 6.45) is 6.40. The molecule has 33 heavy (non-hydrogen) atoms. The summed E-state index contributed by atoms with van der Waals surface area (Å²) >= 11 is 0. The minimum atomic E-state index is -0.364. The van der Waals surface area contributed by atoms with E-state index in [4.69, 9.17) is 9.72 Å². The van der Waals surface area contributed by atoms with E-state index in [0.29, 0.717) is 48.5 Å². The van der Waals surface area contributed by atoms with Crippen LogP contribution < -0.4 is 10.2 Å². The summed E-state index contributed by atoms with van der Waals surface area (Å²) in [6.45, 7) is 3.75. The number of pyridine rings is 1. The van der Waals surface area contributed by atoms with Gasteiger partial charge in [-0.3, -0.25) is 4.40 Å². The highest BCUT2D eigenvalue weighted by Gasteiger charge is 2.25. The summed E-state index contributed by atoms with van der Waals surface area (Å²) < 4.78 is 20.9. The number of rotatable bonds is 7. The fourth-order valence-corrected chi connectivity index (χ4v) is 3.84. The molecule has 0 aromatic carbocycles. The average Bonchev–Trinajstić information content (AvgIpc) is 3.22. The van der Waals surface area contributed by atoms with Gasteiger partial charge in [0.25, 0.3) is 0 Å². The number of anilines is 2. The molecule has 1 N–H and O–H groups in total. The zero-order valence-electron chi connectivity index (χ0n) is 19.3. The van der Waals surface area contributed by atoms with Crippen LogP contribution in [-0.4, -0.2) is 70.2 Å². The molecule has 0 aliphatic carbocycles. The Balaban J connectivity index is 1.56. The van der Waals surface area contributed by atoms with Crippen LogP contribution in [0.5, 0.6) is 0 Å². The van der Waals surface area contributed by atoms with Crippen LogP contribution in [0, 0.1) is 5.82 Å². The van der Waals surface area contributed by atoms with Gasteiger partial charge in [-0.2, -0.15) is 0 Å². The molecule has 1 amide bonds. The third-order valence-electron chi connectivity index (χ3n) is 5.62. The molecule has 4 heterocycles. The first kappa shape index (κ1) is 22.8. The molecule has 4 rings (SSSR count). The quantitative estimate of drug-likeness (QED) is 0.542. The first-order valence-corrected chi connectivity index (χ1v) is 11.3. The van der Waals surface area contributed by atoms with Crippen molar-refractivity contribution in [3.8, 4) is 11.5 Å². The van der Waals surface area contributed by atoms with E-state index in [9.17, 15) is 9.18 Å². The second-order valence-corrected chi connectivity index (χ2v) is 8.45. The Bertz CT molecular complexity index is 1120. The molecule has 176 valence electrons. The van der Waals surface area contributed by atoms with Gasteiger partial charge in [0.05, 0.1) is 12.8 Å². The predicted molar refractivity (Wildman–Crippen MR) is 125 cm³/mol. The second kappa shape index (κ2) is 10.0. The fourth-order valence-electron chi connectivity index (χ4n) is 3.84. The van der Waals surface area contributed by atoms with Crippen LogP contribution in [0.1, 0.15) is 32.6 Å². The lowest BCUT2D eigenvalue weighted by Gasteiger charge is -2.32. The van der Waals surface area contributed by atoms with Crippen LogP contribution in [0.15, 0.2) is 30.6 Å². The first-order valence-electron chi connectivity index (χ1n) is 11.3. The number of piperidine rings is 1. The van der Waals surface area contributed by atoms with Crippen LogP contribution in [0.3, 0.4) is 0 Å². The van der Waals surface area contributed by atoms with Gasteiger partial charge >= 0.3 is 6.09 Å². The summed E-state index contributed by atoms with van der Waals surface area (Å²) in [6, 6.07) is 4.89. The lowest BCUT2D eigenvalue weighted by molar-refractivity contribution is 0.0920. The minimum absolute atomic E-state index is 0.0369. The lowest BCUT2D eigenvalue weighted by Crippen LogP contribution is -2.45. The Hall–Kier alpha value is -3.43. The third kappa shape index (κ3) is 5.32. The number of ether oxygens (including phenoxy) is 1. The van der Waals surface area contributed by atoms with Crippen LogP contribution in [0.25, 0.3) is 17.2 Å². The zero-order chi connectivity index (χ0) is 23.4. The Labute approximate surface area is 192 Å². The molecular formula is C23H30FN7O2. The molecule has 10 heteroatoms. The molecule has 1 aliphatic heterocycles. The molecule has 0 radical (unpaired) electrons. The van der Waals surface area contributed by atoms with Gasteiger partial charge in [0, 0.05) is 45.5 Å². The van der Waals surface area contributed by atoms with E-state index < -0.39 is 0 Å². The monoisotopic (exact) mass is 455 g/mol. The van der Waals surface area contributed by atoms with E-state index in [1.807, 2.05) is 25.1 Å². The molecular weight excluding hydrogens is 425 g/mol. The maximum Gasteiger partial charge on any atom is 0.409 e. The number of carbonyl (C=O) groups is 1. The van der Waals surface area contributed by atoms with Gasteiger partial charge in [-0.15, -0.1) is 0 Å². The van der Waals surface area contributed by atoms with Crippen molar-refractivity contribution in [2.75, 3.05) is 44.0 Å². The van der Waals surface area contributed by atoms with E-state index in [1.54, 1.807) is 21.6 Å². The molecule has 0 spiro atoms. The Morgan fingerprint density at radius 3 is 2.97 bits per heavy atom. The van der Waals surface area contributed by atoms with Crippen molar-refractivity contribution in [3.63, 3.8) is 0 Å². The molecule has 1 fully saturated rings. The maximum absolute atomic E-state index is 13.9. The summed E-state index contributed by atoms with van der Waals surface area (Å²) in [4.78, 5) is 29.7. The average molecular weight is 456 g/mol. The number of nitrogens with zero attached hydrogens (tertiary/aromatic N) is 6. The van der Waals surface area contributed by atoms with Crippen molar-refractivity contribution in [3.05, 3.63) is 36.4 Å². The van der Waals surface area contributed by atoms with Gasteiger partial charge < -0.3 is 19.9 Å². The van der Waals surface area contributed by atoms with E-state index in [1.165, 1.54) is 12.3 Å².